The van der Waals surface area contributed by atoms with Crippen LogP contribution < -0.4 is 10.2 Å². The molecule has 2 heterocycles. The molecule has 1 N–H and O–H groups in total. The molecule has 6 nitrogen and oxygen atoms in total. The normalized spacial score (nSPS) is 17.6. The van der Waals surface area contributed by atoms with E-state index >= 15 is 0 Å². The summed E-state index contributed by atoms with van der Waals surface area (Å²) in [6.45, 7) is 2.03. The van der Waals surface area contributed by atoms with Gasteiger partial charge in [0, 0.05) is 39.6 Å². The zero-order valence-corrected chi connectivity index (χ0v) is 19.3. The molecule has 33 heavy (non-hydrogen) atoms. The third-order valence-electron chi connectivity index (χ3n) is 5.94. The minimum Gasteiger partial charge on any atom is -0.378 e. The second-order valence-corrected chi connectivity index (χ2v) is 9.49. The first kappa shape index (κ1) is 21.4. The quantitative estimate of drug-likeness (QED) is 0.252. The molecule has 3 aromatic carbocycles. The molecular formula is C25H20ClN3O3S. The van der Waals surface area contributed by atoms with E-state index < -0.39 is 4.92 Å². The van der Waals surface area contributed by atoms with Crippen molar-refractivity contribution in [1.82, 2.24) is 0 Å². The molecule has 2 atom stereocenters. The smallest absolute Gasteiger partial charge is 0.270 e. The molecule has 4 aromatic rings. The van der Waals surface area contributed by atoms with Crippen molar-refractivity contribution in [3.05, 3.63) is 98.4 Å². The Balaban J connectivity index is 1.53. The van der Waals surface area contributed by atoms with Gasteiger partial charge in [-0.3, -0.25) is 14.9 Å². The number of nitrogens with zero attached hydrogens (tertiary/aromatic N) is 2. The molecule has 166 valence electrons. The Bertz CT molecular complexity index is 1370. The van der Waals surface area contributed by atoms with Crippen molar-refractivity contribution in [3.63, 3.8) is 0 Å². The Kier molecular flexibility index (Phi) is 5.52. The van der Waals surface area contributed by atoms with Crippen molar-refractivity contribution < 1.29 is 9.72 Å². The first-order chi connectivity index (χ1) is 15.9. The SMILES string of the molecule is C[C@@H]1C[C@H](Nc2ccccc2)c2ccccc2N1C(=O)c1sc2cc([N+](=O)[O-])ccc2c1Cl. The van der Waals surface area contributed by atoms with Gasteiger partial charge in [0.05, 0.1) is 16.0 Å². The third kappa shape index (κ3) is 3.83. The minimum atomic E-state index is -0.447. The highest BCUT2D eigenvalue weighted by Crippen LogP contribution is 2.43. The van der Waals surface area contributed by atoms with Crippen LogP contribution in [0.5, 0.6) is 0 Å². The lowest BCUT2D eigenvalue weighted by molar-refractivity contribution is -0.384. The van der Waals surface area contributed by atoms with Crippen molar-refractivity contribution in [2.75, 3.05) is 10.2 Å². The molecule has 5 rings (SSSR count). The Morgan fingerprint density at radius 2 is 1.85 bits per heavy atom. The summed E-state index contributed by atoms with van der Waals surface area (Å²) in [6, 6.07) is 22.4. The molecule has 0 radical (unpaired) electrons. The van der Waals surface area contributed by atoms with Gasteiger partial charge in [0.2, 0.25) is 0 Å². The second kappa shape index (κ2) is 8.50. The fraction of sp³-hybridized carbons (Fsp3) is 0.160. The molecule has 0 unspecified atom stereocenters. The summed E-state index contributed by atoms with van der Waals surface area (Å²) in [7, 11) is 0. The molecule has 8 heteroatoms. The van der Waals surface area contributed by atoms with Crippen LogP contribution in [-0.4, -0.2) is 16.9 Å². The molecule has 0 bridgehead atoms. The number of para-hydroxylation sites is 2. The Morgan fingerprint density at radius 1 is 1.12 bits per heavy atom. The van der Waals surface area contributed by atoms with E-state index in [-0.39, 0.29) is 23.7 Å². The summed E-state index contributed by atoms with van der Waals surface area (Å²) in [4.78, 5) is 26.6. The van der Waals surface area contributed by atoms with Gasteiger partial charge in [-0.05, 0) is 43.2 Å². The maximum absolute atomic E-state index is 13.7. The van der Waals surface area contributed by atoms with Crippen molar-refractivity contribution in [1.29, 1.82) is 0 Å². The largest absolute Gasteiger partial charge is 0.378 e. The standard InChI is InChI=1S/C25H20ClN3O3S/c1-15-13-20(27-16-7-3-2-4-8-16)18-9-5-6-10-21(18)28(15)25(30)24-23(26)19-12-11-17(29(31)32)14-22(19)33-24/h2-12,14-15,20,27H,13H2,1H3/t15-,20+/m1/s1. The highest BCUT2D eigenvalue weighted by Gasteiger charge is 2.35. The van der Waals surface area contributed by atoms with Crippen molar-refractivity contribution >= 4 is 56.0 Å². The first-order valence-corrected chi connectivity index (χ1v) is 11.7. The van der Waals surface area contributed by atoms with E-state index in [9.17, 15) is 14.9 Å². The van der Waals surface area contributed by atoms with Crippen LogP contribution >= 0.6 is 22.9 Å². The van der Waals surface area contributed by atoms with Crippen LogP contribution in [0, 0.1) is 10.1 Å². The lowest BCUT2D eigenvalue weighted by Crippen LogP contribution is -2.44. The fourth-order valence-electron chi connectivity index (χ4n) is 4.41. The molecule has 0 spiro atoms. The first-order valence-electron chi connectivity index (χ1n) is 10.5. The number of benzene rings is 3. The molecule has 0 saturated carbocycles. The average molecular weight is 478 g/mol. The van der Waals surface area contributed by atoms with Crippen molar-refractivity contribution in [2.45, 2.75) is 25.4 Å². The predicted molar refractivity (Wildman–Crippen MR) is 134 cm³/mol. The number of carbonyl (C=O) groups is 1. The van der Waals surface area contributed by atoms with Gasteiger partial charge >= 0.3 is 0 Å². The Hall–Kier alpha value is -3.42. The van der Waals surface area contributed by atoms with Crippen LogP contribution in [0.2, 0.25) is 5.02 Å². The van der Waals surface area contributed by atoms with Gasteiger partial charge in [-0.2, -0.15) is 0 Å². The highest BCUT2D eigenvalue weighted by atomic mass is 35.5. The van der Waals surface area contributed by atoms with Crippen LogP contribution in [0.15, 0.2) is 72.8 Å². The van der Waals surface area contributed by atoms with E-state index in [0.717, 1.165) is 23.4 Å². The zero-order valence-electron chi connectivity index (χ0n) is 17.7. The number of fused-ring (bicyclic) bond motifs is 2. The number of amides is 1. The summed E-state index contributed by atoms with van der Waals surface area (Å²) >= 11 is 7.79. The van der Waals surface area contributed by atoms with Gasteiger partial charge < -0.3 is 10.2 Å². The molecule has 0 aliphatic carbocycles. The van der Waals surface area contributed by atoms with Gasteiger partial charge in [-0.1, -0.05) is 48.0 Å². The van der Waals surface area contributed by atoms with Gasteiger partial charge in [-0.15, -0.1) is 11.3 Å². The number of halogens is 1. The van der Waals surface area contributed by atoms with Gasteiger partial charge in [0.25, 0.3) is 11.6 Å². The topological polar surface area (TPSA) is 75.5 Å². The van der Waals surface area contributed by atoms with Gasteiger partial charge in [-0.25, -0.2) is 0 Å². The predicted octanol–water partition coefficient (Wildman–Crippen LogP) is 7.06. The molecule has 0 saturated heterocycles. The summed E-state index contributed by atoms with van der Waals surface area (Å²) in [6.07, 6.45) is 0.728. The van der Waals surface area contributed by atoms with Crippen molar-refractivity contribution in [2.24, 2.45) is 0 Å². The van der Waals surface area contributed by atoms with E-state index in [1.165, 1.54) is 23.5 Å². The average Bonchev–Trinajstić information content (AvgIpc) is 3.15. The van der Waals surface area contributed by atoms with Crippen LogP contribution in [0.4, 0.5) is 17.1 Å². The second-order valence-electron chi connectivity index (χ2n) is 8.06. The number of non-ortho nitro benzene ring substituents is 1. The Labute approximate surface area is 199 Å². The molecule has 1 aliphatic heterocycles. The van der Waals surface area contributed by atoms with Gasteiger partial charge in [0.15, 0.2) is 0 Å². The van der Waals surface area contributed by atoms with E-state index in [1.54, 1.807) is 11.0 Å². The van der Waals surface area contributed by atoms with Crippen molar-refractivity contribution in [3.8, 4) is 0 Å². The number of rotatable bonds is 4. The van der Waals surface area contributed by atoms with E-state index in [4.69, 9.17) is 11.6 Å². The van der Waals surface area contributed by atoms with Gasteiger partial charge in [0.1, 0.15) is 4.88 Å². The lowest BCUT2D eigenvalue weighted by Gasteiger charge is -2.39. The molecular weight excluding hydrogens is 458 g/mol. The summed E-state index contributed by atoms with van der Waals surface area (Å²) in [5, 5.41) is 15.7. The van der Waals surface area contributed by atoms with E-state index in [2.05, 4.69) is 5.32 Å². The van der Waals surface area contributed by atoms with E-state index in [1.807, 2.05) is 61.5 Å². The van der Waals surface area contributed by atoms with E-state index in [0.29, 0.717) is 20.0 Å². The monoisotopic (exact) mass is 477 g/mol. The summed E-state index contributed by atoms with van der Waals surface area (Å²) < 4.78 is 0.624. The maximum atomic E-state index is 13.7. The number of nitrogens with one attached hydrogen (secondary N) is 1. The number of hydrogen-bond acceptors (Lipinski definition) is 5. The van der Waals surface area contributed by atoms with Crippen LogP contribution in [0.1, 0.15) is 34.6 Å². The lowest BCUT2D eigenvalue weighted by atomic mass is 9.91. The zero-order chi connectivity index (χ0) is 23.1. The fourth-order valence-corrected chi connectivity index (χ4v) is 5.89. The third-order valence-corrected chi connectivity index (χ3v) is 7.59. The number of nitro groups is 1. The van der Waals surface area contributed by atoms with Crippen LogP contribution in [0.3, 0.4) is 0 Å². The molecule has 0 fully saturated rings. The number of anilines is 2. The summed E-state index contributed by atoms with van der Waals surface area (Å²) in [5.41, 5.74) is 2.89. The maximum Gasteiger partial charge on any atom is 0.270 e. The molecule has 1 aromatic heterocycles. The summed E-state index contributed by atoms with van der Waals surface area (Å²) in [5.74, 6) is -0.193. The number of hydrogen-bond donors (Lipinski definition) is 1. The number of carbonyl (C=O) groups excluding carboxylic acids is 1. The Morgan fingerprint density at radius 3 is 2.61 bits per heavy atom. The number of nitro benzene ring substituents is 1. The van der Waals surface area contributed by atoms with Crippen LogP contribution in [0.25, 0.3) is 10.1 Å². The van der Waals surface area contributed by atoms with Crippen LogP contribution in [-0.2, 0) is 0 Å². The minimum absolute atomic E-state index is 0.0223. The molecule has 1 amide bonds. The number of thiophene rings is 1. The highest BCUT2D eigenvalue weighted by molar-refractivity contribution is 7.21. The molecule has 1 aliphatic rings.